The molecular weight excluding hydrogens is 240 g/mol. The molecule has 1 aromatic carbocycles. The van der Waals surface area contributed by atoms with Gasteiger partial charge in [0.1, 0.15) is 0 Å². The number of nitro groups is 1. The Kier molecular flexibility index (Phi) is 4.90. The summed E-state index contributed by atoms with van der Waals surface area (Å²) in [7, 11) is 0. The maximum Gasteiger partial charge on any atom is 0.270 e. The first-order chi connectivity index (χ1) is 7.91. The first-order valence-electron chi connectivity index (χ1n) is 5.58. The van der Waals surface area contributed by atoms with Crippen molar-refractivity contribution in [3.8, 4) is 0 Å². The maximum absolute atomic E-state index is 10.6. The zero-order valence-corrected chi connectivity index (χ0v) is 11.0. The van der Waals surface area contributed by atoms with Gasteiger partial charge in [-0.2, -0.15) is 0 Å². The van der Waals surface area contributed by atoms with E-state index in [9.17, 15) is 10.1 Å². The smallest absolute Gasteiger partial charge is 0.270 e. The quantitative estimate of drug-likeness (QED) is 0.649. The van der Waals surface area contributed by atoms with E-state index in [4.69, 9.17) is 11.6 Å². The molecular formula is C12H17ClN2O2. The van der Waals surface area contributed by atoms with Gasteiger partial charge in [0.25, 0.3) is 5.69 Å². The Bertz CT molecular complexity index is 407. The van der Waals surface area contributed by atoms with Crippen molar-refractivity contribution in [3.63, 3.8) is 0 Å². The summed E-state index contributed by atoms with van der Waals surface area (Å²) in [6, 6.07) is 4.93. The molecule has 94 valence electrons. The number of nitrogens with one attached hydrogen (secondary N) is 1. The second-order valence-electron chi connectivity index (χ2n) is 4.45. The highest BCUT2D eigenvalue weighted by atomic mass is 35.5. The molecule has 1 N–H and O–H groups in total. The van der Waals surface area contributed by atoms with E-state index in [-0.39, 0.29) is 5.69 Å². The second-order valence-corrected chi connectivity index (χ2v) is 4.85. The summed E-state index contributed by atoms with van der Waals surface area (Å²) in [6.45, 7) is 6.99. The van der Waals surface area contributed by atoms with Crippen LogP contribution in [0.4, 0.5) is 5.69 Å². The number of hydrogen-bond donors (Lipinski definition) is 1. The molecule has 0 aliphatic rings. The highest BCUT2D eigenvalue weighted by molar-refractivity contribution is 6.31. The predicted octanol–water partition coefficient (Wildman–Crippen LogP) is 3.38. The summed E-state index contributed by atoms with van der Waals surface area (Å²) in [4.78, 5) is 10.1. The van der Waals surface area contributed by atoms with Gasteiger partial charge in [0.15, 0.2) is 0 Å². The van der Waals surface area contributed by atoms with Crippen LogP contribution in [0.25, 0.3) is 0 Å². The molecule has 0 fully saturated rings. The molecule has 0 aliphatic carbocycles. The van der Waals surface area contributed by atoms with Crippen molar-refractivity contribution in [1.29, 1.82) is 0 Å². The third-order valence-electron chi connectivity index (χ3n) is 2.86. The lowest BCUT2D eigenvalue weighted by Gasteiger charge is -2.17. The van der Waals surface area contributed by atoms with Gasteiger partial charge >= 0.3 is 0 Å². The number of hydrogen-bond acceptors (Lipinski definition) is 3. The predicted molar refractivity (Wildman–Crippen MR) is 69.2 cm³/mol. The van der Waals surface area contributed by atoms with E-state index >= 15 is 0 Å². The van der Waals surface area contributed by atoms with Crippen LogP contribution in [0.3, 0.4) is 0 Å². The van der Waals surface area contributed by atoms with Crippen LogP contribution in [0.15, 0.2) is 18.2 Å². The molecule has 0 saturated heterocycles. The van der Waals surface area contributed by atoms with Crippen molar-refractivity contribution in [3.05, 3.63) is 38.9 Å². The molecule has 4 nitrogen and oxygen atoms in total. The Labute approximate surface area is 106 Å². The average molecular weight is 257 g/mol. The lowest BCUT2D eigenvalue weighted by Crippen LogP contribution is -2.30. The number of halogens is 1. The first kappa shape index (κ1) is 13.9. The third-order valence-corrected chi connectivity index (χ3v) is 3.21. The molecule has 0 heterocycles. The second kappa shape index (κ2) is 5.98. The zero-order valence-electron chi connectivity index (χ0n) is 10.2. The van der Waals surface area contributed by atoms with Gasteiger partial charge in [0.05, 0.1) is 9.95 Å². The highest BCUT2D eigenvalue weighted by Gasteiger charge is 2.11. The molecule has 0 spiro atoms. The normalized spacial score (nSPS) is 12.8. The van der Waals surface area contributed by atoms with E-state index in [1.807, 2.05) is 0 Å². The van der Waals surface area contributed by atoms with E-state index in [0.717, 1.165) is 5.56 Å². The molecule has 17 heavy (non-hydrogen) atoms. The van der Waals surface area contributed by atoms with Gasteiger partial charge in [-0.05, 0) is 24.5 Å². The van der Waals surface area contributed by atoms with Crippen LogP contribution in [0, 0.1) is 16.0 Å². The molecule has 0 radical (unpaired) electrons. The zero-order chi connectivity index (χ0) is 13.0. The van der Waals surface area contributed by atoms with Crippen LogP contribution >= 0.6 is 11.6 Å². The Morgan fingerprint density at radius 3 is 2.53 bits per heavy atom. The van der Waals surface area contributed by atoms with Crippen molar-refractivity contribution in [2.75, 3.05) is 0 Å². The van der Waals surface area contributed by atoms with Crippen molar-refractivity contribution in [1.82, 2.24) is 5.32 Å². The summed E-state index contributed by atoms with van der Waals surface area (Å²) >= 11 is 5.99. The Hall–Kier alpha value is -1.13. The molecule has 0 bridgehead atoms. The molecule has 1 atom stereocenters. The topological polar surface area (TPSA) is 55.2 Å². The molecule has 1 unspecified atom stereocenters. The van der Waals surface area contributed by atoms with Crippen molar-refractivity contribution >= 4 is 17.3 Å². The number of rotatable bonds is 5. The maximum atomic E-state index is 10.6. The number of benzene rings is 1. The fraction of sp³-hybridized carbons (Fsp3) is 0.500. The third kappa shape index (κ3) is 3.98. The van der Waals surface area contributed by atoms with Gasteiger partial charge in [-0.1, -0.05) is 25.4 Å². The van der Waals surface area contributed by atoms with E-state index in [1.54, 1.807) is 6.07 Å². The standard InChI is InChI=1S/C12H17ClN2O2/c1-8(2)9(3)14-7-10-4-5-11(15(16)17)6-12(10)13/h4-6,8-9,14H,7H2,1-3H3. The van der Waals surface area contributed by atoms with E-state index in [1.165, 1.54) is 12.1 Å². The van der Waals surface area contributed by atoms with Crippen molar-refractivity contribution < 1.29 is 4.92 Å². The lowest BCUT2D eigenvalue weighted by atomic mass is 10.1. The molecule has 0 amide bonds. The van der Waals surface area contributed by atoms with Crippen LogP contribution < -0.4 is 5.32 Å². The van der Waals surface area contributed by atoms with Gasteiger partial charge < -0.3 is 5.32 Å². The van der Waals surface area contributed by atoms with Gasteiger partial charge in [-0.25, -0.2) is 0 Å². The minimum Gasteiger partial charge on any atom is -0.310 e. The van der Waals surface area contributed by atoms with Crippen LogP contribution in [-0.4, -0.2) is 11.0 Å². The fourth-order valence-electron chi connectivity index (χ4n) is 1.30. The average Bonchev–Trinajstić information content (AvgIpc) is 2.26. The molecule has 5 heteroatoms. The van der Waals surface area contributed by atoms with Crippen LogP contribution in [-0.2, 0) is 6.54 Å². The Morgan fingerprint density at radius 1 is 1.41 bits per heavy atom. The largest absolute Gasteiger partial charge is 0.310 e. The molecule has 0 aliphatic heterocycles. The Morgan fingerprint density at radius 2 is 2.06 bits per heavy atom. The minimum absolute atomic E-state index is 0.0238. The van der Waals surface area contributed by atoms with Crippen LogP contribution in [0.1, 0.15) is 26.3 Å². The lowest BCUT2D eigenvalue weighted by molar-refractivity contribution is -0.384. The highest BCUT2D eigenvalue weighted by Crippen LogP contribution is 2.22. The van der Waals surface area contributed by atoms with Crippen LogP contribution in [0.2, 0.25) is 5.02 Å². The summed E-state index contributed by atoms with van der Waals surface area (Å²) in [6.07, 6.45) is 0. The van der Waals surface area contributed by atoms with Gasteiger partial charge in [-0.15, -0.1) is 0 Å². The Balaban J connectivity index is 2.70. The van der Waals surface area contributed by atoms with E-state index < -0.39 is 4.92 Å². The van der Waals surface area contributed by atoms with E-state index in [0.29, 0.717) is 23.5 Å². The van der Waals surface area contributed by atoms with Crippen LogP contribution in [0.5, 0.6) is 0 Å². The molecule has 0 saturated carbocycles. The van der Waals surface area contributed by atoms with Gasteiger partial charge in [-0.3, -0.25) is 10.1 Å². The summed E-state index contributed by atoms with van der Waals surface area (Å²) < 4.78 is 0. The summed E-state index contributed by atoms with van der Waals surface area (Å²) in [5.74, 6) is 0.534. The summed E-state index contributed by atoms with van der Waals surface area (Å²) in [5.41, 5.74) is 0.903. The minimum atomic E-state index is -0.445. The molecule has 1 aromatic rings. The van der Waals surface area contributed by atoms with Gasteiger partial charge in [0.2, 0.25) is 0 Å². The fourth-order valence-corrected chi connectivity index (χ4v) is 1.54. The number of non-ortho nitro benzene ring substituents is 1. The van der Waals surface area contributed by atoms with Crippen molar-refractivity contribution in [2.24, 2.45) is 5.92 Å². The van der Waals surface area contributed by atoms with Gasteiger partial charge in [0, 0.05) is 24.7 Å². The first-order valence-corrected chi connectivity index (χ1v) is 5.95. The SMILES string of the molecule is CC(C)C(C)NCc1ccc([N+](=O)[O-])cc1Cl. The monoisotopic (exact) mass is 256 g/mol. The molecule has 0 aromatic heterocycles. The van der Waals surface area contributed by atoms with E-state index in [2.05, 4.69) is 26.1 Å². The number of nitro benzene ring substituents is 1. The molecule has 1 rings (SSSR count). The van der Waals surface area contributed by atoms with Crippen molar-refractivity contribution in [2.45, 2.75) is 33.4 Å². The summed E-state index contributed by atoms with van der Waals surface area (Å²) in [5, 5.41) is 14.3. The number of nitrogens with zero attached hydrogens (tertiary/aromatic N) is 1.